The summed E-state index contributed by atoms with van der Waals surface area (Å²) < 4.78 is 0. The van der Waals surface area contributed by atoms with Gasteiger partial charge in [-0.05, 0) is 42.9 Å². The third kappa shape index (κ3) is 4.97. The summed E-state index contributed by atoms with van der Waals surface area (Å²) in [4.78, 5) is 29.2. The molecule has 0 bridgehead atoms. The summed E-state index contributed by atoms with van der Waals surface area (Å²) in [5.41, 5.74) is 2.55. The van der Waals surface area contributed by atoms with E-state index < -0.39 is 0 Å². The van der Waals surface area contributed by atoms with Crippen molar-refractivity contribution in [1.82, 2.24) is 10.6 Å². The Morgan fingerprint density at radius 3 is 2.68 bits per heavy atom. The largest absolute Gasteiger partial charge is 0.326 e. The number of nitrogens with zero attached hydrogens (tertiary/aromatic N) is 1. The molecule has 5 nitrogen and oxygen atoms in total. The summed E-state index contributed by atoms with van der Waals surface area (Å²) in [7, 11) is 0. The molecule has 3 rings (SSSR count). The van der Waals surface area contributed by atoms with Crippen LogP contribution in [-0.4, -0.2) is 18.0 Å². The third-order valence-corrected chi connectivity index (χ3v) is 5.27. The summed E-state index contributed by atoms with van der Waals surface area (Å²) in [5, 5.41) is 5.99. The maximum absolute atomic E-state index is 12.8. The zero-order valence-electron chi connectivity index (χ0n) is 16.8. The molecule has 0 saturated carbocycles. The van der Waals surface area contributed by atoms with Gasteiger partial charge in [-0.25, -0.2) is 0 Å². The lowest BCUT2D eigenvalue weighted by Gasteiger charge is -2.25. The van der Waals surface area contributed by atoms with Crippen molar-refractivity contribution in [1.29, 1.82) is 0 Å². The average molecular weight is 380 g/mol. The Bertz CT molecular complexity index is 812. The van der Waals surface area contributed by atoms with Crippen LogP contribution in [0.25, 0.3) is 0 Å². The van der Waals surface area contributed by atoms with Crippen LogP contribution in [0.15, 0.2) is 64.6 Å². The molecule has 2 aliphatic carbocycles. The van der Waals surface area contributed by atoms with Crippen molar-refractivity contribution in [2.24, 2.45) is 28.7 Å². The molecule has 3 unspecified atom stereocenters. The highest BCUT2D eigenvalue weighted by molar-refractivity contribution is 5.82. The second kappa shape index (κ2) is 9.00. The fourth-order valence-corrected chi connectivity index (χ4v) is 3.60. The first kappa shape index (κ1) is 20.1. The van der Waals surface area contributed by atoms with Crippen LogP contribution < -0.4 is 10.6 Å². The van der Waals surface area contributed by atoms with Crippen LogP contribution >= 0.6 is 0 Å². The molecule has 1 aliphatic heterocycles. The molecule has 148 valence electrons. The van der Waals surface area contributed by atoms with E-state index in [9.17, 15) is 9.59 Å². The number of allylic oxidation sites excluding steroid dienone is 7. The van der Waals surface area contributed by atoms with Crippen molar-refractivity contribution < 1.29 is 9.59 Å². The van der Waals surface area contributed by atoms with Gasteiger partial charge < -0.3 is 10.6 Å². The van der Waals surface area contributed by atoms with Crippen LogP contribution in [0.2, 0.25) is 0 Å². The van der Waals surface area contributed by atoms with Gasteiger partial charge in [0.05, 0.1) is 11.4 Å². The minimum Gasteiger partial charge on any atom is -0.326 e. The zero-order valence-corrected chi connectivity index (χ0v) is 16.8. The lowest BCUT2D eigenvalue weighted by atomic mass is 9.86. The van der Waals surface area contributed by atoms with Crippen molar-refractivity contribution in [3.05, 3.63) is 59.6 Å². The molecule has 0 aromatic rings. The highest BCUT2D eigenvalue weighted by Crippen LogP contribution is 2.29. The number of rotatable bonds is 6. The van der Waals surface area contributed by atoms with Gasteiger partial charge in [0.15, 0.2) is 0 Å². The van der Waals surface area contributed by atoms with Gasteiger partial charge in [-0.3, -0.25) is 14.6 Å². The Hall–Kier alpha value is -2.69. The van der Waals surface area contributed by atoms with E-state index in [0.717, 1.165) is 29.9 Å². The van der Waals surface area contributed by atoms with Crippen molar-refractivity contribution in [3.63, 3.8) is 0 Å². The smallest absolute Gasteiger partial charge is 0.227 e. The number of carbonyl (C=O) groups excluding carboxylic acids is 2. The first-order valence-corrected chi connectivity index (χ1v) is 10.0. The van der Waals surface area contributed by atoms with Gasteiger partial charge in [0.1, 0.15) is 0 Å². The number of hydrogen-bond donors (Lipinski definition) is 2. The second-order valence-corrected chi connectivity index (χ2v) is 8.05. The van der Waals surface area contributed by atoms with Gasteiger partial charge in [-0.1, -0.05) is 45.1 Å². The minimum atomic E-state index is -0.176. The molecule has 28 heavy (non-hydrogen) atoms. The van der Waals surface area contributed by atoms with E-state index >= 15 is 0 Å². The Balaban J connectivity index is 1.57. The van der Waals surface area contributed by atoms with Crippen molar-refractivity contribution in [2.75, 3.05) is 0 Å². The van der Waals surface area contributed by atoms with Gasteiger partial charge in [0.25, 0.3) is 0 Å². The van der Waals surface area contributed by atoms with E-state index in [4.69, 9.17) is 0 Å². The number of dihydropyridines is 1. The summed E-state index contributed by atoms with van der Waals surface area (Å²) in [5.74, 6) is 0.532. The maximum Gasteiger partial charge on any atom is 0.227 e. The van der Waals surface area contributed by atoms with E-state index in [2.05, 4.69) is 27.8 Å². The zero-order chi connectivity index (χ0) is 20.1. The van der Waals surface area contributed by atoms with Gasteiger partial charge in [0, 0.05) is 30.2 Å². The van der Waals surface area contributed by atoms with Gasteiger partial charge >= 0.3 is 0 Å². The molecule has 0 aromatic carbocycles. The highest BCUT2D eigenvalue weighted by Gasteiger charge is 2.26. The minimum absolute atomic E-state index is 0.00658. The lowest BCUT2D eigenvalue weighted by Crippen LogP contribution is -2.34. The monoisotopic (exact) mass is 379 g/mol. The molecule has 1 heterocycles. The van der Waals surface area contributed by atoms with E-state index in [1.807, 2.05) is 51.2 Å². The lowest BCUT2D eigenvalue weighted by molar-refractivity contribution is -0.125. The van der Waals surface area contributed by atoms with Crippen LogP contribution in [0.4, 0.5) is 0 Å². The number of carbonyl (C=O) groups is 2. The molecule has 0 fully saturated rings. The van der Waals surface area contributed by atoms with Crippen LogP contribution in [-0.2, 0) is 9.59 Å². The first-order valence-electron chi connectivity index (χ1n) is 10.0. The molecule has 5 heteroatoms. The molecule has 3 atom stereocenters. The summed E-state index contributed by atoms with van der Waals surface area (Å²) in [6.45, 7) is 5.99. The molecule has 0 aromatic heterocycles. The number of nitrogens with one attached hydrogen (secondary N) is 2. The summed E-state index contributed by atoms with van der Waals surface area (Å²) >= 11 is 0. The van der Waals surface area contributed by atoms with Crippen LogP contribution in [0, 0.1) is 23.7 Å². The fraction of sp³-hybridized carbons (Fsp3) is 0.435. The van der Waals surface area contributed by atoms with E-state index in [-0.39, 0.29) is 29.6 Å². The highest BCUT2D eigenvalue weighted by atomic mass is 16.2. The molecule has 3 aliphatic rings. The topological polar surface area (TPSA) is 70.6 Å². The summed E-state index contributed by atoms with van der Waals surface area (Å²) in [6, 6.07) is 0. The second-order valence-electron chi connectivity index (χ2n) is 8.05. The number of amides is 2. The Morgan fingerprint density at radius 2 is 1.96 bits per heavy atom. The SMILES string of the molecule is CC(C)CC(=O)NC1=CCC(C(C)C(=O)NC2=C3N=CC=CC3CC=C2)C=C1. The molecule has 0 radical (unpaired) electrons. The average Bonchev–Trinajstić information content (AvgIpc) is 2.67. The van der Waals surface area contributed by atoms with E-state index in [1.165, 1.54) is 0 Å². The van der Waals surface area contributed by atoms with Crippen molar-refractivity contribution in [2.45, 2.75) is 40.0 Å². The first-order chi connectivity index (χ1) is 13.4. The number of hydrogen-bond acceptors (Lipinski definition) is 3. The Morgan fingerprint density at radius 1 is 1.14 bits per heavy atom. The van der Waals surface area contributed by atoms with Crippen molar-refractivity contribution in [3.8, 4) is 0 Å². The Kier molecular flexibility index (Phi) is 6.45. The van der Waals surface area contributed by atoms with Gasteiger partial charge in [-0.2, -0.15) is 0 Å². The van der Waals surface area contributed by atoms with Crippen LogP contribution in [0.1, 0.15) is 40.0 Å². The summed E-state index contributed by atoms with van der Waals surface area (Å²) in [6.07, 6.45) is 18.0. The normalized spacial score (nSPS) is 24.1. The molecule has 2 N–H and O–H groups in total. The van der Waals surface area contributed by atoms with E-state index in [0.29, 0.717) is 12.3 Å². The van der Waals surface area contributed by atoms with Crippen LogP contribution in [0.3, 0.4) is 0 Å². The predicted molar refractivity (Wildman–Crippen MR) is 112 cm³/mol. The molecule has 0 spiro atoms. The maximum atomic E-state index is 12.8. The van der Waals surface area contributed by atoms with Crippen molar-refractivity contribution >= 4 is 18.0 Å². The Labute approximate surface area is 167 Å². The quantitative estimate of drug-likeness (QED) is 0.737. The third-order valence-electron chi connectivity index (χ3n) is 5.27. The fourth-order valence-electron chi connectivity index (χ4n) is 3.60. The molecular weight excluding hydrogens is 350 g/mol. The molecular formula is C23H29N3O2. The molecule has 0 saturated heterocycles. The number of fused-ring (bicyclic) bond motifs is 1. The standard InChI is InChI=1S/C23H29N3O2/c1-15(2)14-21(27)25-19-11-9-17(10-12-19)16(3)23(28)26-20-8-4-6-18-7-5-13-24-22(18)20/h4-5,7-9,11-13,15-18H,6,10,14H2,1-3H3,(H,25,27)(H,26,28). The van der Waals surface area contributed by atoms with Gasteiger partial charge in [0.2, 0.25) is 11.8 Å². The number of aliphatic imine (C=N–C) groups is 1. The van der Waals surface area contributed by atoms with Crippen LogP contribution in [0.5, 0.6) is 0 Å². The molecule has 2 amide bonds. The van der Waals surface area contributed by atoms with Gasteiger partial charge in [-0.15, -0.1) is 0 Å². The predicted octanol–water partition coefficient (Wildman–Crippen LogP) is 3.79. The van der Waals surface area contributed by atoms with E-state index in [1.54, 1.807) is 6.21 Å².